The molecule has 1 fully saturated rings. The van der Waals surface area contributed by atoms with E-state index in [0.29, 0.717) is 5.92 Å². The Balaban J connectivity index is 2.19. The van der Waals surface area contributed by atoms with Crippen molar-refractivity contribution in [3.8, 4) is 0 Å². The van der Waals surface area contributed by atoms with Gasteiger partial charge in [0.05, 0.1) is 6.42 Å². The topological polar surface area (TPSA) is 37.3 Å². The molecule has 0 spiro atoms. The van der Waals surface area contributed by atoms with E-state index in [1.54, 1.807) is 0 Å². The van der Waals surface area contributed by atoms with Gasteiger partial charge in [0.25, 0.3) is 0 Å². The summed E-state index contributed by atoms with van der Waals surface area (Å²) in [5.41, 5.74) is 2.41. The molecule has 0 amide bonds. The molecule has 0 saturated heterocycles. The zero-order chi connectivity index (χ0) is 10.8. The highest BCUT2D eigenvalue weighted by molar-refractivity contribution is 5.68. The summed E-state index contributed by atoms with van der Waals surface area (Å²) in [6.45, 7) is 2.05. The molecule has 0 radical (unpaired) electrons. The van der Waals surface area contributed by atoms with Crippen LogP contribution in [0.25, 0.3) is 0 Å². The van der Waals surface area contributed by atoms with Gasteiger partial charge >= 0.3 is 5.97 Å². The van der Waals surface area contributed by atoms with Crippen LogP contribution in [0.4, 0.5) is 0 Å². The van der Waals surface area contributed by atoms with Crippen LogP contribution in [0.3, 0.4) is 0 Å². The number of carboxylic acids is 1. The SMILES string of the molecule is Cc1cccc(C(CC(=O)O)C2CC2)c1. The number of hydrogen-bond donors (Lipinski definition) is 1. The average molecular weight is 204 g/mol. The lowest BCUT2D eigenvalue weighted by molar-refractivity contribution is -0.137. The van der Waals surface area contributed by atoms with E-state index < -0.39 is 5.97 Å². The molecule has 80 valence electrons. The van der Waals surface area contributed by atoms with E-state index >= 15 is 0 Å². The molecule has 1 aromatic carbocycles. The molecule has 0 heterocycles. The van der Waals surface area contributed by atoms with Gasteiger partial charge in [-0.05, 0) is 37.2 Å². The van der Waals surface area contributed by atoms with E-state index in [0.717, 1.165) is 0 Å². The van der Waals surface area contributed by atoms with E-state index in [2.05, 4.69) is 12.1 Å². The normalized spacial score (nSPS) is 17.4. The smallest absolute Gasteiger partial charge is 0.303 e. The van der Waals surface area contributed by atoms with E-state index in [1.807, 2.05) is 19.1 Å². The molecule has 0 aromatic heterocycles. The Morgan fingerprint density at radius 1 is 1.53 bits per heavy atom. The van der Waals surface area contributed by atoms with E-state index in [-0.39, 0.29) is 12.3 Å². The average Bonchev–Trinajstić information content (AvgIpc) is 2.97. The minimum absolute atomic E-state index is 0.224. The van der Waals surface area contributed by atoms with Crippen molar-refractivity contribution in [2.24, 2.45) is 5.92 Å². The fourth-order valence-corrected chi connectivity index (χ4v) is 2.14. The second-order valence-corrected chi connectivity index (χ2v) is 4.46. The maximum absolute atomic E-state index is 10.8. The molecule has 15 heavy (non-hydrogen) atoms. The highest BCUT2D eigenvalue weighted by atomic mass is 16.4. The van der Waals surface area contributed by atoms with E-state index in [4.69, 9.17) is 5.11 Å². The second kappa shape index (κ2) is 4.05. The maximum atomic E-state index is 10.8. The van der Waals surface area contributed by atoms with Gasteiger partial charge in [-0.15, -0.1) is 0 Å². The summed E-state index contributed by atoms with van der Waals surface area (Å²) >= 11 is 0. The maximum Gasteiger partial charge on any atom is 0.303 e. The highest BCUT2D eigenvalue weighted by Crippen LogP contribution is 2.44. The van der Waals surface area contributed by atoms with E-state index in [1.165, 1.54) is 24.0 Å². The molecule has 0 aliphatic heterocycles. The molecule has 1 aliphatic carbocycles. The molecule has 1 saturated carbocycles. The number of hydrogen-bond acceptors (Lipinski definition) is 1. The van der Waals surface area contributed by atoms with Crippen LogP contribution in [-0.2, 0) is 4.79 Å². The Morgan fingerprint density at radius 3 is 2.80 bits per heavy atom. The molecule has 1 unspecified atom stereocenters. The van der Waals surface area contributed by atoms with Gasteiger partial charge in [0.15, 0.2) is 0 Å². The van der Waals surface area contributed by atoms with Gasteiger partial charge in [-0.1, -0.05) is 29.8 Å². The summed E-state index contributed by atoms with van der Waals surface area (Å²) in [7, 11) is 0. The Labute approximate surface area is 89.9 Å². The van der Waals surface area contributed by atoms with Crippen molar-refractivity contribution < 1.29 is 9.90 Å². The molecular formula is C13H16O2. The van der Waals surface area contributed by atoms with Crippen molar-refractivity contribution in [1.29, 1.82) is 0 Å². The summed E-state index contributed by atoms with van der Waals surface area (Å²) in [5, 5.41) is 8.89. The minimum Gasteiger partial charge on any atom is -0.481 e. The quantitative estimate of drug-likeness (QED) is 0.818. The van der Waals surface area contributed by atoms with Gasteiger partial charge in [-0.25, -0.2) is 0 Å². The fourth-order valence-electron chi connectivity index (χ4n) is 2.14. The number of carboxylic acid groups (broad SMARTS) is 1. The van der Waals surface area contributed by atoms with Gasteiger partial charge in [0.1, 0.15) is 0 Å². The molecular weight excluding hydrogens is 188 g/mol. The summed E-state index contributed by atoms with van der Waals surface area (Å²) in [4.78, 5) is 10.8. The zero-order valence-electron chi connectivity index (χ0n) is 8.94. The number of aliphatic carboxylic acids is 1. The fraction of sp³-hybridized carbons (Fsp3) is 0.462. The summed E-state index contributed by atoms with van der Waals surface area (Å²) < 4.78 is 0. The third kappa shape index (κ3) is 2.58. The largest absolute Gasteiger partial charge is 0.481 e. The van der Waals surface area contributed by atoms with Crippen molar-refractivity contribution in [1.82, 2.24) is 0 Å². The van der Waals surface area contributed by atoms with Crippen molar-refractivity contribution in [3.05, 3.63) is 35.4 Å². The van der Waals surface area contributed by atoms with Gasteiger partial charge < -0.3 is 5.11 Å². The first-order valence-corrected chi connectivity index (χ1v) is 5.45. The summed E-state index contributed by atoms with van der Waals surface area (Å²) in [5.74, 6) is 0.138. The number of aryl methyl sites for hydroxylation is 1. The van der Waals surface area contributed by atoms with Crippen LogP contribution < -0.4 is 0 Å². The van der Waals surface area contributed by atoms with Crippen molar-refractivity contribution in [2.45, 2.75) is 32.1 Å². The number of rotatable bonds is 4. The van der Waals surface area contributed by atoms with Crippen LogP contribution in [0.1, 0.15) is 36.3 Å². The predicted molar refractivity (Wildman–Crippen MR) is 58.9 cm³/mol. The predicted octanol–water partition coefficient (Wildman–Crippen LogP) is 2.96. The number of benzene rings is 1. The lowest BCUT2D eigenvalue weighted by atomic mass is 9.90. The lowest BCUT2D eigenvalue weighted by Gasteiger charge is -2.14. The lowest BCUT2D eigenvalue weighted by Crippen LogP contribution is -2.08. The summed E-state index contributed by atoms with van der Waals surface area (Å²) in [6.07, 6.45) is 2.64. The number of carbonyl (C=O) groups is 1. The molecule has 1 atom stereocenters. The van der Waals surface area contributed by atoms with Crippen LogP contribution in [0.2, 0.25) is 0 Å². The molecule has 2 nitrogen and oxygen atoms in total. The van der Waals surface area contributed by atoms with Crippen LogP contribution in [0, 0.1) is 12.8 Å². The second-order valence-electron chi connectivity index (χ2n) is 4.46. The van der Waals surface area contributed by atoms with Gasteiger partial charge in [-0.3, -0.25) is 4.79 Å². The zero-order valence-corrected chi connectivity index (χ0v) is 8.94. The van der Waals surface area contributed by atoms with Crippen molar-refractivity contribution in [2.75, 3.05) is 0 Å². The minimum atomic E-state index is -0.687. The highest BCUT2D eigenvalue weighted by Gasteiger charge is 2.33. The Kier molecular flexibility index (Phi) is 2.76. The first kappa shape index (κ1) is 10.2. The van der Waals surface area contributed by atoms with E-state index in [9.17, 15) is 4.79 Å². The van der Waals surface area contributed by atoms with Crippen LogP contribution in [-0.4, -0.2) is 11.1 Å². The Bertz CT molecular complexity index is 367. The Morgan fingerprint density at radius 2 is 2.27 bits per heavy atom. The standard InChI is InChI=1S/C13H16O2/c1-9-3-2-4-11(7-9)12(8-13(14)15)10-5-6-10/h2-4,7,10,12H,5-6,8H2,1H3,(H,14,15). The Hall–Kier alpha value is -1.31. The van der Waals surface area contributed by atoms with Gasteiger partial charge in [0.2, 0.25) is 0 Å². The van der Waals surface area contributed by atoms with Crippen LogP contribution >= 0.6 is 0 Å². The van der Waals surface area contributed by atoms with Crippen LogP contribution in [0.5, 0.6) is 0 Å². The molecule has 0 bridgehead atoms. The van der Waals surface area contributed by atoms with Gasteiger partial charge in [-0.2, -0.15) is 0 Å². The molecule has 1 N–H and O–H groups in total. The molecule has 2 rings (SSSR count). The van der Waals surface area contributed by atoms with Crippen LogP contribution in [0.15, 0.2) is 24.3 Å². The third-order valence-electron chi connectivity index (χ3n) is 3.06. The molecule has 2 heteroatoms. The third-order valence-corrected chi connectivity index (χ3v) is 3.06. The summed E-state index contributed by atoms with van der Waals surface area (Å²) in [6, 6.07) is 8.24. The molecule has 1 aromatic rings. The first-order valence-electron chi connectivity index (χ1n) is 5.45. The first-order chi connectivity index (χ1) is 7.16. The van der Waals surface area contributed by atoms with Crippen molar-refractivity contribution in [3.63, 3.8) is 0 Å². The van der Waals surface area contributed by atoms with Gasteiger partial charge in [0, 0.05) is 0 Å². The monoisotopic (exact) mass is 204 g/mol. The van der Waals surface area contributed by atoms with Crippen molar-refractivity contribution >= 4 is 5.97 Å². The molecule has 1 aliphatic rings.